The second-order valence-corrected chi connectivity index (χ2v) is 6.64. The molecule has 0 amide bonds. The van der Waals surface area contributed by atoms with Gasteiger partial charge in [-0.05, 0) is 48.5 Å². The maximum atomic E-state index is 13.5. The summed E-state index contributed by atoms with van der Waals surface area (Å²) in [5.74, 6) is -0.630. The molecule has 6 nitrogen and oxygen atoms in total. The maximum Gasteiger partial charge on any atom is 0.195 e. The molecule has 3 aromatic carbocycles. The quantitative estimate of drug-likeness (QED) is 0.389. The molecule has 0 radical (unpaired) electrons. The number of rotatable bonds is 8. The predicted octanol–water partition coefficient (Wildman–Crippen LogP) is 4.09. The summed E-state index contributed by atoms with van der Waals surface area (Å²) in [6.45, 7) is 0. The summed E-state index contributed by atoms with van der Waals surface area (Å²) in [6.07, 6.45) is 0.669. The Labute approximate surface area is 175 Å². The van der Waals surface area contributed by atoms with Crippen molar-refractivity contribution >= 4 is 34.9 Å². The maximum absolute atomic E-state index is 13.5. The van der Waals surface area contributed by atoms with E-state index in [0.29, 0.717) is 28.7 Å². The van der Waals surface area contributed by atoms with Crippen LogP contribution in [0, 0.1) is 0 Å². The van der Waals surface area contributed by atoms with Gasteiger partial charge in [0.05, 0.1) is 11.3 Å². The largest absolute Gasteiger partial charge is 0.388 e. The van der Waals surface area contributed by atoms with E-state index in [-0.39, 0.29) is 22.7 Å². The average molecular weight is 401 g/mol. The highest BCUT2D eigenvalue weighted by Crippen LogP contribution is 2.29. The van der Waals surface area contributed by atoms with Gasteiger partial charge in [0.1, 0.15) is 0 Å². The molecule has 0 aromatic heterocycles. The molecule has 0 saturated heterocycles. The minimum atomic E-state index is -0.338. The predicted molar refractivity (Wildman–Crippen MR) is 120 cm³/mol. The van der Waals surface area contributed by atoms with Crippen molar-refractivity contribution in [3.63, 3.8) is 0 Å². The minimum Gasteiger partial charge on any atom is -0.388 e. The standard InChI is InChI=1S/C24H23N3O3/c1-25-18-10-7-15(8-11-18)23(29)20-12-9-17(14-28)22(27-3)21(20)24(30)16-5-4-6-19(13-16)26-2/h4-14,25-27H,1-3H3. The summed E-state index contributed by atoms with van der Waals surface area (Å²) < 4.78 is 0. The highest BCUT2D eigenvalue weighted by Gasteiger charge is 2.25. The Kier molecular flexibility index (Phi) is 6.27. The molecule has 0 heterocycles. The van der Waals surface area contributed by atoms with E-state index in [1.807, 2.05) is 6.07 Å². The van der Waals surface area contributed by atoms with Gasteiger partial charge >= 0.3 is 0 Å². The fraction of sp³-hybridized carbons (Fsp3) is 0.125. The van der Waals surface area contributed by atoms with Crippen molar-refractivity contribution in [3.8, 4) is 0 Å². The number of benzene rings is 3. The molecule has 152 valence electrons. The number of carbonyl (C=O) groups is 3. The molecule has 3 aromatic rings. The fourth-order valence-corrected chi connectivity index (χ4v) is 3.32. The van der Waals surface area contributed by atoms with Crippen LogP contribution in [-0.2, 0) is 0 Å². The van der Waals surface area contributed by atoms with Crippen LogP contribution in [0.5, 0.6) is 0 Å². The van der Waals surface area contributed by atoms with Crippen LogP contribution in [0.15, 0.2) is 60.7 Å². The number of anilines is 3. The fourth-order valence-electron chi connectivity index (χ4n) is 3.32. The number of aldehydes is 1. The first kappa shape index (κ1) is 20.8. The Morgan fingerprint density at radius 3 is 2.03 bits per heavy atom. The summed E-state index contributed by atoms with van der Waals surface area (Å²) in [5.41, 5.74) is 3.58. The van der Waals surface area contributed by atoms with Gasteiger partial charge < -0.3 is 16.0 Å². The van der Waals surface area contributed by atoms with Gasteiger partial charge in [-0.2, -0.15) is 0 Å². The highest BCUT2D eigenvalue weighted by atomic mass is 16.1. The van der Waals surface area contributed by atoms with E-state index in [1.54, 1.807) is 69.7 Å². The Morgan fingerprint density at radius 1 is 0.733 bits per heavy atom. The van der Waals surface area contributed by atoms with Gasteiger partial charge in [0.25, 0.3) is 0 Å². The molecule has 0 aliphatic rings. The van der Waals surface area contributed by atoms with Crippen LogP contribution in [0.3, 0.4) is 0 Å². The zero-order chi connectivity index (χ0) is 21.7. The third-order valence-corrected chi connectivity index (χ3v) is 4.94. The lowest BCUT2D eigenvalue weighted by atomic mass is 9.90. The summed E-state index contributed by atoms with van der Waals surface area (Å²) in [4.78, 5) is 38.3. The Hall–Kier alpha value is -3.93. The second-order valence-electron chi connectivity index (χ2n) is 6.64. The molecular formula is C24H23N3O3. The van der Waals surface area contributed by atoms with Gasteiger partial charge in [-0.15, -0.1) is 0 Å². The summed E-state index contributed by atoms with van der Waals surface area (Å²) in [5, 5.41) is 8.94. The van der Waals surface area contributed by atoms with Crippen LogP contribution in [0.4, 0.5) is 17.1 Å². The van der Waals surface area contributed by atoms with Crippen molar-refractivity contribution < 1.29 is 14.4 Å². The van der Waals surface area contributed by atoms with Gasteiger partial charge in [-0.25, -0.2) is 0 Å². The van der Waals surface area contributed by atoms with Crippen LogP contribution in [0.2, 0.25) is 0 Å². The van der Waals surface area contributed by atoms with E-state index in [2.05, 4.69) is 16.0 Å². The van der Waals surface area contributed by atoms with Crippen molar-refractivity contribution in [3.05, 3.63) is 88.5 Å². The molecular weight excluding hydrogens is 378 g/mol. The number of carbonyl (C=O) groups excluding carboxylic acids is 3. The van der Waals surface area contributed by atoms with E-state index >= 15 is 0 Å². The van der Waals surface area contributed by atoms with Gasteiger partial charge in [0.2, 0.25) is 0 Å². The Morgan fingerprint density at radius 2 is 1.43 bits per heavy atom. The summed E-state index contributed by atoms with van der Waals surface area (Å²) in [7, 11) is 5.18. The monoisotopic (exact) mass is 401 g/mol. The van der Waals surface area contributed by atoms with Crippen LogP contribution in [-0.4, -0.2) is 39.0 Å². The molecule has 0 atom stereocenters. The van der Waals surface area contributed by atoms with Crippen molar-refractivity contribution in [2.45, 2.75) is 0 Å². The Balaban J connectivity index is 2.19. The molecule has 30 heavy (non-hydrogen) atoms. The van der Waals surface area contributed by atoms with E-state index in [4.69, 9.17) is 0 Å². The molecule has 0 spiro atoms. The molecule has 0 aliphatic heterocycles. The summed E-state index contributed by atoms with van der Waals surface area (Å²) in [6, 6.07) is 17.1. The first-order valence-corrected chi connectivity index (χ1v) is 9.49. The normalized spacial score (nSPS) is 10.2. The molecule has 0 unspecified atom stereocenters. The van der Waals surface area contributed by atoms with Gasteiger partial charge in [-0.1, -0.05) is 12.1 Å². The number of hydrogen-bond acceptors (Lipinski definition) is 6. The molecule has 6 heteroatoms. The summed E-state index contributed by atoms with van der Waals surface area (Å²) >= 11 is 0. The first-order chi connectivity index (χ1) is 14.5. The van der Waals surface area contributed by atoms with Crippen LogP contribution in [0.1, 0.15) is 42.2 Å². The Bertz CT molecular complexity index is 1110. The van der Waals surface area contributed by atoms with Gasteiger partial charge in [0, 0.05) is 54.8 Å². The topological polar surface area (TPSA) is 87.3 Å². The molecule has 0 saturated carbocycles. The van der Waals surface area contributed by atoms with Crippen molar-refractivity contribution in [2.75, 3.05) is 37.1 Å². The molecule has 3 N–H and O–H groups in total. The first-order valence-electron chi connectivity index (χ1n) is 9.49. The zero-order valence-electron chi connectivity index (χ0n) is 17.1. The SMILES string of the molecule is CNc1ccc(C(=O)c2ccc(C=O)c(NC)c2C(=O)c2cccc(NC)c2)cc1. The van der Waals surface area contributed by atoms with Crippen molar-refractivity contribution in [1.29, 1.82) is 0 Å². The van der Waals surface area contributed by atoms with E-state index in [9.17, 15) is 14.4 Å². The third-order valence-electron chi connectivity index (χ3n) is 4.94. The van der Waals surface area contributed by atoms with E-state index in [0.717, 1.165) is 11.4 Å². The molecule has 0 bridgehead atoms. The highest BCUT2D eigenvalue weighted by molar-refractivity contribution is 6.23. The van der Waals surface area contributed by atoms with E-state index in [1.165, 1.54) is 6.07 Å². The lowest BCUT2D eigenvalue weighted by Crippen LogP contribution is -2.15. The van der Waals surface area contributed by atoms with Gasteiger partial charge in [-0.3, -0.25) is 14.4 Å². The van der Waals surface area contributed by atoms with Crippen LogP contribution >= 0.6 is 0 Å². The van der Waals surface area contributed by atoms with Crippen LogP contribution in [0.25, 0.3) is 0 Å². The van der Waals surface area contributed by atoms with Crippen LogP contribution < -0.4 is 16.0 Å². The second kappa shape index (κ2) is 9.05. The van der Waals surface area contributed by atoms with Crippen molar-refractivity contribution in [2.24, 2.45) is 0 Å². The van der Waals surface area contributed by atoms with E-state index < -0.39 is 0 Å². The smallest absolute Gasteiger partial charge is 0.195 e. The molecule has 0 fully saturated rings. The molecule has 0 aliphatic carbocycles. The molecule has 3 rings (SSSR count). The van der Waals surface area contributed by atoms with Crippen molar-refractivity contribution in [1.82, 2.24) is 0 Å². The lowest BCUT2D eigenvalue weighted by molar-refractivity contribution is 0.100. The third kappa shape index (κ3) is 3.93. The average Bonchev–Trinajstić information content (AvgIpc) is 2.82. The minimum absolute atomic E-state index is 0.179. The van der Waals surface area contributed by atoms with Gasteiger partial charge in [0.15, 0.2) is 17.9 Å². The number of ketones is 2. The number of hydrogen-bond donors (Lipinski definition) is 3. The zero-order valence-corrected chi connectivity index (χ0v) is 17.1. The lowest BCUT2D eigenvalue weighted by Gasteiger charge is -2.16. The number of nitrogens with one attached hydrogen (secondary N) is 3.